The summed E-state index contributed by atoms with van der Waals surface area (Å²) in [6, 6.07) is 13.7. The average Bonchev–Trinajstić information content (AvgIpc) is 2.51. The third-order valence-corrected chi connectivity index (χ3v) is 3.26. The maximum atomic E-state index is 13.1. The van der Waals surface area contributed by atoms with Crippen LogP contribution in [0.15, 0.2) is 48.5 Å². The summed E-state index contributed by atoms with van der Waals surface area (Å²) in [5, 5.41) is 2.78. The standard InChI is InChI=1S/C18H21FN2O2/c1-18(2,20)17(22)21-11-13-6-8-16(9-7-13)23-12-14-4-3-5-15(19)10-14/h3-10H,11-12,20H2,1-2H3,(H,21,22). The van der Waals surface area contributed by atoms with E-state index in [4.69, 9.17) is 10.5 Å². The van der Waals surface area contributed by atoms with Gasteiger partial charge < -0.3 is 15.8 Å². The molecule has 122 valence electrons. The lowest BCUT2D eigenvalue weighted by atomic mass is 10.1. The van der Waals surface area contributed by atoms with Crippen molar-refractivity contribution in [3.63, 3.8) is 0 Å². The molecule has 0 bridgehead atoms. The fourth-order valence-corrected chi connectivity index (χ4v) is 1.91. The molecule has 0 aromatic heterocycles. The van der Waals surface area contributed by atoms with E-state index in [2.05, 4.69) is 5.32 Å². The van der Waals surface area contributed by atoms with Crippen molar-refractivity contribution in [2.75, 3.05) is 0 Å². The molecule has 1 amide bonds. The molecule has 0 saturated carbocycles. The first-order valence-electron chi connectivity index (χ1n) is 7.38. The Labute approximate surface area is 135 Å². The van der Waals surface area contributed by atoms with Crippen LogP contribution in [-0.4, -0.2) is 11.4 Å². The molecule has 0 aliphatic carbocycles. The number of amides is 1. The maximum Gasteiger partial charge on any atom is 0.239 e. The SMILES string of the molecule is CC(C)(N)C(=O)NCc1ccc(OCc2cccc(F)c2)cc1. The molecule has 0 radical (unpaired) electrons. The lowest BCUT2D eigenvalue weighted by molar-refractivity contribution is -0.125. The van der Waals surface area contributed by atoms with Gasteiger partial charge in [0.2, 0.25) is 5.91 Å². The van der Waals surface area contributed by atoms with Crippen molar-refractivity contribution in [3.8, 4) is 5.75 Å². The highest BCUT2D eigenvalue weighted by Crippen LogP contribution is 2.15. The molecule has 4 nitrogen and oxygen atoms in total. The normalized spacial score (nSPS) is 11.1. The van der Waals surface area contributed by atoms with E-state index in [1.807, 2.05) is 30.3 Å². The van der Waals surface area contributed by atoms with Gasteiger partial charge in [0.15, 0.2) is 0 Å². The molecule has 0 spiro atoms. The fraction of sp³-hybridized carbons (Fsp3) is 0.278. The number of carbonyl (C=O) groups excluding carboxylic acids is 1. The second-order valence-corrected chi connectivity index (χ2v) is 5.97. The molecule has 3 N–H and O–H groups in total. The quantitative estimate of drug-likeness (QED) is 0.861. The van der Waals surface area contributed by atoms with Gasteiger partial charge in [0.05, 0.1) is 5.54 Å². The predicted molar refractivity (Wildman–Crippen MR) is 87.3 cm³/mol. The third kappa shape index (κ3) is 5.38. The van der Waals surface area contributed by atoms with E-state index in [9.17, 15) is 9.18 Å². The van der Waals surface area contributed by atoms with Gasteiger partial charge in [0.1, 0.15) is 18.2 Å². The Morgan fingerprint density at radius 2 is 1.87 bits per heavy atom. The zero-order valence-electron chi connectivity index (χ0n) is 13.3. The highest BCUT2D eigenvalue weighted by atomic mass is 19.1. The summed E-state index contributed by atoms with van der Waals surface area (Å²) in [5.74, 6) is 0.201. The van der Waals surface area contributed by atoms with E-state index in [0.29, 0.717) is 18.9 Å². The van der Waals surface area contributed by atoms with Crippen LogP contribution in [0.3, 0.4) is 0 Å². The van der Waals surface area contributed by atoms with Crippen molar-refractivity contribution < 1.29 is 13.9 Å². The van der Waals surface area contributed by atoms with Crippen LogP contribution in [0.1, 0.15) is 25.0 Å². The first-order chi connectivity index (χ1) is 10.8. The van der Waals surface area contributed by atoms with Crippen LogP contribution in [0.2, 0.25) is 0 Å². The van der Waals surface area contributed by atoms with Gasteiger partial charge in [0, 0.05) is 6.54 Å². The van der Waals surface area contributed by atoms with Crippen molar-refractivity contribution in [1.29, 1.82) is 0 Å². The van der Waals surface area contributed by atoms with Crippen molar-refractivity contribution in [1.82, 2.24) is 5.32 Å². The highest BCUT2D eigenvalue weighted by Gasteiger charge is 2.20. The van der Waals surface area contributed by atoms with Gasteiger partial charge in [0.25, 0.3) is 0 Å². The second-order valence-electron chi connectivity index (χ2n) is 5.97. The van der Waals surface area contributed by atoms with Crippen LogP contribution in [0, 0.1) is 5.82 Å². The summed E-state index contributed by atoms with van der Waals surface area (Å²) in [7, 11) is 0. The Hall–Kier alpha value is -2.40. The van der Waals surface area contributed by atoms with E-state index >= 15 is 0 Å². The summed E-state index contributed by atoms with van der Waals surface area (Å²) in [5.41, 5.74) is 6.53. The van der Waals surface area contributed by atoms with Crippen molar-refractivity contribution >= 4 is 5.91 Å². The van der Waals surface area contributed by atoms with Crippen molar-refractivity contribution in [3.05, 3.63) is 65.5 Å². The molecule has 0 atom stereocenters. The minimum Gasteiger partial charge on any atom is -0.489 e. The Morgan fingerprint density at radius 3 is 2.48 bits per heavy atom. The van der Waals surface area contributed by atoms with Gasteiger partial charge in [-0.15, -0.1) is 0 Å². The van der Waals surface area contributed by atoms with Crippen molar-refractivity contribution in [2.45, 2.75) is 32.5 Å². The molecule has 0 fully saturated rings. The molecule has 0 aliphatic heterocycles. The number of nitrogens with two attached hydrogens (primary N) is 1. The van der Waals surface area contributed by atoms with Crippen LogP contribution in [0.5, 0.6) is 5.75 Å². The van der Waals surface area contributed by atoms with Gasteiger partial charge in [-0.1, -0.05) is 24.3 Å². The highest BCUT2D eigenvalue weighted by molar-refractivity contribution is 5.84. The Kier molecular flexibility index (Phi) is 5.34. The molecule has 2 aromatic carbocycles. The molecular weight excluding hydrogens is 295 g/mol. The molecule has 0 unspecified atom stereocenters. The summed E-state index contributed by atoms with van der Waals surface area (Å²) >= 11 is 0. The van der Waals surface area contributed by atoms with Crippen LogP contribution >= 0.6 is 0 Å². The van der Waals surface area contributed by atoms with E-state index in [1.165, 1.54) is 12.1 Å². The predicted octanol–water partition coefficient (Wildman–Crippen LogP) is 2.76. The van der Waals surface area contributed by atoms with Gasteiger partial charge in [-0.3, -0.25) is 4.79 Å². The first kappa shape index (κ1) is 17.0. The number of hydrogen-bond acceptors (Lipinski definition) is 3. The minimum atomic E-state index is -0.895. The minimum absolute atomic E-state index is 0.205. The van der Waals surface area contributed by atoms with Crippen LogP contribution in [-0.2, 0) is 17.9 Å². The molecule has 2 rings (SSSR count). The Balaban J connectivity index is 1.86. The smallest absolute Gasteiger partial charge is 0.239 e. The van der Waals surface area contributed by atoms with E-state index in [1.54, 1.807) is 19.9 Å². The molecule has 0 saturated heterocycles. The van der Waals surface area contributed by atoms with Crippen LogP contribution in [0.4, 0.5) is 4.39 Å². The topological polar surface area (TPSA) is 64.4 Å². The summed E-state index contributed by atoms with van der Waals surface area (Å²) in [6.45, 7) is 4.02. The number of halogens is 1. The van der Waals surface area contributed by atoms with Crippen molar-refractivity contribution in [2.24, 2.45) is 5.73 Å². The molecular formula is C18H21FN2O2. The Morgan fingerprint density at radius 1 is 1.17 bits per heavy atom. The van der Waals surface area contributed by atoms with Gasteiger partial charge in [-0.05, 0) is 49.2 Å². The average molecular weight is 316 g/mol. The lowest BCUT2D eigenvalue weighted by Crippen LogP contribution is -2.48. The number of rotatable bonds is 6. The maximum absolute atomic E-state index is 13.1. The molecule has 23 heavy (non-hydrogen) atoms. The zero-order chi connectivity index (χ0) is 16.9. The largest absolute Gasteiger partial charge is 0.489 e. The van der Waals surface area contributed by atoms with Gasteiger partial charge in [-0.2, -0.15) is 0 Å². The number of benzene rings is 2. The molecule has 5 heteroatoms. The summed E-state index contributed by atoms with van der Waals surface area (Å²) in [4.78, 5) is 11.7. The number of hydrogen-bond donors (Lipinski definition) is 2. The number of ether oxygens (including phenoxy) is 1. The third-order valence-electron chi connectivity index (χ3n) is 3.26. The summed E-state index contributed by atoms with van der Waals surface area (Å²) in [6.07, 6.45) is 0. The summed E-state index contributed by atoms with van der Waals surface area (Å²) < 4.78 is 18.7. The molecule has 2 aromatic rings. The molecule has 0 heterocycles. The fourth-order valence-electron chi connectivity index (χ4n) is 1.91. The van der Waals surface area contributed by atoms with Crippen LogP contribution < -0.4 is 15.8 Å². The zero-order valence-corrected chi connectivity index (χ0v) is 13.3. The first-order valence-corrected chi connectivity index (χ1v) is 7.38. The number of nitrogens with one attached hydrogen (secondary N) is 1. The van der Waals surface area contributed by atoms with Gasteiger partial charge >= 0.3 is 0 Å². The lowest BCUT2D eigenvalue weighted by Gasteiger charge is -2.17. The van der Waals surface area contributed by atoms with Crippen LogP contribution in [0.25, 0.3) is 0 Å². The van der Waals surface area contributed by atoms with E-state index in [0.717, 1.165) is 11.1 Å². The second kappa shape index (κ2) is 7.24. The van der Waals surface area contributed by atoms with Gasteiger partial charge in [-0.25, -0.2) is 4.39 Å². The van der Waals surface area contributed by atoms with E-state index in [-0.39, 0.29) is 11.7 Å². The number of carbonyl (C=O) groups is 1. The Bertz CT molecular complexity index is 663. The molecule has 0 aliphatic rings. The monoisotopic (exact) mass is 316 g/mol. The van der Waals surface area contributed by atoms with E-state index < -0.39 is 5.54 Å².